The van der Waals surface area contributed by atoms with Gasteiger partial charge in [-0.3, -0.25) is 0 Å². The van der Waals surface area contributed by atoms with Gasteiger partial charge in [-0.05, 0) is 69.6 Å². The number of fused-ring (bicyclic) bond motifs is 2. The van der Waals surface area contributed by atoms with E-state index in [2.05, 4.69) is 6.42 Å². The Morgan fingerprint density at radius 2 is 1.24 bits per heavy atom. The molecule has 0 aromatic heterocycles. The van der Waals surface area contributed by atoms with Gasteiger partial charge in [0.15, 0.2) is 0 Å². The van der Waals surface area contributed by atoms with E-state index in [-0.39, 0.29) is 0 Å². The van der Waals surface area contributed by atoms with Crippen LogP contribution in [0.1, 0.15) is 51.4 Å². The van der Waals surface area contributed by atoms with Gasteiger partial charge in [-0.25, -0.2) is 0 Å². The van der Waals surface area contributed by atoms with Gasteiger partial charge in [-0.2, -0.15) is 0 Å². The third-order valence-electron chi connectivity index (χ3n) is 5.23. The molecule has 0 aromatic rings. The van der Waals surface area contributed by atoms with E-state index in [1.807, 2.05) is 0 Å². The fraction of sp³-hybridized carbons (Fsp3) is 0.933. The van der Waals surface area contributed by atoms with Crippen LogP contribution in [0.25, 0.3) is 0 Å². The van der Waals surface area contributed by atoms with Crippen molar-refractivity contribution >= 4 is 0 Å². The molecule has 95 valence electrons. The third kappa shape index (κ3) is 2.39. The van der Waals surface area contributed by atoms with Crippen LogP contribution in [0.5, 0.6) is 0 Å². The molecule has 2 heteroatoms. The van der Waals surface area contributed by atoms with Crippen LogP contribution in [0.2, 0.25) is 0 Å². The van der Waals surface area contributed by atoms with E-state index >= 15 is 0 Å². The molecule has 2 aliphatic carbocycles. The Morgan fingerprint density at radius 3 is 1.71 bits per heavy atom. The van der Waals surface area contributed by atoms with Crippen LogP contribution < -0.4 is 0 Å². The normalized spacial score (nSPS) is 51.5. The molecule has 1 radical (unpaired) electrons. The van der Waals surface area contributed by atoms with Crippen molar-refractivity contribution in [2.75, 3.05) is 0 Å². The van der Waals surface area contributed by atoms with Crippen LogP contribution in [0.4, 0.5) is 0 Å². The van der Waals surface area contributed by atoms with Gasteiger partial charge in [0.25, 0.3) is 0 Å². The molecule has 2 nitrogen and oxygen atoms in total. The number of epoxide rings is 2. The van der Waals surface area contributed by atoms with Gasteiger partial charge in [0.1, 0.15) is 0 Å². The number of rotatable bonds is 4. The molecule has 4 rings (SSSR count). The predicted octanol–water partition coefficient (Wildman–Crippen LogP) is 3.11. The van der Waals surface area contributed by atoms with Crippen LogP contribution in [0.15, 0.2) is 0 Å². The van der Waals surface area contributed by atoms with Crippen LogP contribution >= 0.6 is 0 Å². The summed E-state index contributed by atoms with van der Waals surface area (Å²) in [5.41, 5.74) is 0. The van der Waals surface area contributed by atoms with E-state index in [0.29, 0.717) is 24.4 Å². The second kappa shape index (κ2) is 4.24. The lowest BCUT2D eigenvalue weighted by Gasteiger charge is -2.21. The SMILES string of the molecule is [CH](CC1CCC2OC2C1)CC1CCC2OC2C1. The van der Waals surface area contributed by atoms with Crippen LogP contribution in [-0.2, 0) is 9.47 Å². The Balaban J connectivity index is 1.15. The summed E-state index contributed by atoms with van der Waals surface area (Å²) in [5.74, 6) is 1.85. The summed E-state index contributed by atoms with van der Waals surface area (Å²) in [6, 6.07) is 0. The monoisotopic (exact) mass is 235 g/mol. The molecule has 6 unspecified atom stereocenters. The van der Waals surface area contributed by atoms with Gasteiger partial charge in [-0.1, -0.05) is 0 Å². The average Bonchev–Trinajstić information content (AvgIpc) is 3.22. The first-order valence-corrected chi connectivity index (χ1v) is 7.51. The van der Waals surface area contributed by atoms with Crippen LogP contribution in [0.3, 0.4) is 0 Å². The lowest BCUT2D eigenvalue weighted by atomic mass is 9.82. The highest BCUT2D eigenvalue weighted by Gasteiger charge is 2.44. The molecule has 2 saturated carbocycles. The molecule has 4 fully saturated rings. The number of ether oxygens (including phenoxy) is 2. The third-order valence-corrected chi connectivity index (χ3v) is 5.23. The van der Waals surface area contributed by atoms with Crippen molar-refractivity contribution in [3.63, 3.8) is 0 Å². The van der Waals surface area contributed by atoms with Gasteiger partial charge < -0.3 is 9.47 Å². The molecular formula is C15H23O2. The second-order valence-electron chi connectivity index (χ2n) is 6.54. The standard InChI is InChI=1S/C15H23O2/c1(2-10-4-6-12-14(8-10)16-12)3-11-5-7-13-15(9-11)17-13/h1,10-15H,2-9H2. The zero-order valence-electron chi connectivity index (χ0n) is 10.5. The van der Waals surface area contributed by atoms with Crippen molar-refractivity contribution in [2.24, 2.45) is 11.8 Å². The molecule has 2 saturated heterocycles. The Morgan fingerprint density at radius 1 is 0.706 bits per heavy atom. The lowest BCUT2D eigenvalue weighted by molar-refractivity contribution is 0.341. The number of hydrogen-bond acceptors (Lipinski definition) is 2. The summed E-state index contributed by atoms with van der Waals surface area (Å²) in [4.78, 5) is 0. The topological polar surface area (TPSA) is 25.1 Å². The molecule has 0 bridgehead atoms. The Kier molecular flexibility index (Phi) is 2.69. The Bertz CT molecular complexity index is 263. The van der Waals surface area contributed by atoms with Crippen molar-refractivity contribution < 1.29 is 9.47 Å². The van der Waals surface area contributed by atoms with Crippen molar-refractivity contribution in [1.82, 2.24) is 0 Å². The molecule has 4 aliphatic rings. The smallest absolute Gasteiger partial charge is 0.0844 e. The summed E-state index contributed by atoms with van der Waals surface area (Å²) < 4.78 is 11.2. The van der Waals surface area contributed by atoms with Crippen molar-refractivity contribution in [3.05, 3.63) is 6.42 Å². The summed E-state index contributed by atoms with van der Waals surface area (Å²) in [7, 11) is 0. The van der Waals surface area contributed by atoms with E-state index in [1.54, 1.807) is 0 Å². The molecule has 0 aromatic carbocycles. The van der Waals surface area contributed by atoms with Crippen LogP contribution in [0, 0.1) is 18.3 Å². The molecule has 17 heavy (non-hydrogen) atoms. The summed E-state index contributed by atoms with van der Waals surface area (Å²) in [6.07, 6.45) is 16.0. The van der Waals surface area contributed by atoms with Crippen LogP contribution in [-0.4, -0.2) is 24.4 Å². The molecule has 6 atom stereocenters. The maximum Gasteiger partial charge on any atom is 0.0844 e. The molecule has 0 spiro atoms. The molecule has 0 N–H and O–H groups in total. The first-order valence-electron chi connectivity index (χ1n) is 7.51. The van der Waals surface area contributed by atoms with Gasteiger partial charge in [0.2, 0.25) is 0 Å². The average molecular weight is 235 g/mol. The molecular weight excluding hydrogens is 212 g/mol. The van der Waals surface area contributed by atoms with Gasteiger partial charge in [0, 0.05) is 0 Å². The fourth-order valence-electron chi connectivity index (χ4n) is 3.97. The first-order chi connectivity index (χ1) is 8.38. The zero-order chi connectivity index (χ0) is 11.2. The van der Waals surface area contributed by atoms with E-state index in [1.165, 1.54) is 51.4 Å². The van der Waals surface area contributed by atoms with Gasteiger partial charge in [-0.15, -0.1) is 0 Å². The first kappa shape index (κ1) is 10.8. The second-order valence-corrected chi connectivity index (χ2v) is 6.54. The van der Waals surface area contributed by atoms with E-state index in [0.717, 1.165) is 11.8 Å². The molecule has 2 heterocycles. The zero-order valence-corrected chi connectivity index (χ0v) is 10.5. The lowest BCUT2D eigenvalue weighted by Crippen LogP contribution is -2.16. The Labute approximate surface area is 104 Å². The maximum atomic E-state index is 5.59. The number of hydrogen-bond donors (Lipinski definition) is 0. The van der Waals surface area contributed by atoms with E-state index in [9.17, 15) is 0 Å². The van der Waals surface area contributed by atoms with Crippen molar-refractivity contribution in [3.8, 4) is 0 Å². The Hall–Kier alpha value is -0.0800. The quantitative estimate of drug-likeness (QED) is 0.699. The van der Waals surface area contributed by atoms with Crippen molar-refractivity contribution in [2.45, 2.75) is 75.8 Å². The van der Waals surface area contributed by atoms with Crippen molar-refractivity contribution in [1.29, 1.82) is 0 Å². The highest BCUT2D eigenvalue weighted by atomic mass is 16.6. The van der Waals surface area contributed by atoms with Gasteiger partial charge >= 0.3 is 0 Å². The summed E-state index contributed by atoms with van der Waals surface area (Å²) in [5, 5.41) is 0. The van der Waals surface area contributed by atoms with E-state index < -0.39 is 0 Å². The maximum absolute atomic E-state index is 5.59. The minimum Gasteiger partial charge on any atom is -0.370 e. The minimum atomic E-state index is 0.650. The fourth-order valence-corrected chi connectivity index (χ4v) is 3.97. The summed E-state index contributed by atoms with van der Waals surface area (Å²) in [6.45, 7) is 0. The predicted molar refractivity (Wildman–Crippen MR) is 65.5 cm³/mol. The largest absolute Gasteiger partial charge is 0.370 e. The highest BCUT2D eigenvalue weighted by Crippen LogP contribution is 2.43. The summed E-state index contributed by atoms with van der Waals surface area (Å²) >= 11 is 0. The molecule has 2 aliphatic heterocycles. The highest BCUT2D eigenvalue weighted by molar-refractivity contribution is 4.95. The molecule has 0 amide bonds. The van der Waals surface area contributed by atoms with E-state index in [4.69, 9.17) is 9.47 Å². The van der Waals surface area contributed by atoms with Gasteiger partial charge in [0.05, 0.1) is 24.4 Å². The minimum absolute atomic E-state index is 0.650.